The van der Waals surface area contributed by atoms with E-state index in [0.717, 1.165) is 19.1 Å². The van der Waals surface area contributed by atoms with Gasteiger partial charge in [-0.15, -0.1) is 0 Å². The zero-order valence-electron chi connectivity index (χ0n) is 8.02. The molecule has 0 saturated carbocycles. The number of hydrogen-bond donors (Lipinski definition) is 0. The number of hydrogen-bond acceptors (Lipinski definition) is 2. The van der Waals surface area contributed by atoms with Gasteiger partial charge in [0.2, 0.25) is 0 Å². The summed E-state index contributed by atoms with van der Waals surface area (Å²) in [6.07, 6.45) is -4.94. The molecule has 2 nitrogen and oxygen atoms in total. The smallest absolute Gasteiger partial charge is 0.294 e. The molecule has 0 spiro atoms. The van der Waals surface area contributed by atoms with Crippen molar-refractivity contribution in [2.75, 3.05) is 0 Å². The quantitative estimate of drug-likeness (QED) is 0.550. The molecule has 0 unspecified atom stereocenters. The molecule has 0 aromatic heterocycles. The molecule has 0 saturated heterocycles. The second kappa shape index (κ2) is 3.93. The Labute approximate surface area is 88.1 Å². The molecule has 0 aliphatic rings. The fourth-order valence-corrected chi connectivity index (χ4v) is 1.27. The van der Waals surface area contributed by atoms with E-state index in [-0.39, 0.29) is 0 Å². The van der Waals surface area contributed by atoms with Gasteiger partial charge >= 0.3 is 6.18 Å². The van der Waals surface area contributed by atoms with Gasteiger partial charge in [-0.2, -0.15) is 18.4 Å². The first kappa shape index (κ1) is 12.2. The predicted octanol–water partition coefficient (Wildman–Crippen LogP) is 2.92. The van der Waals surface area contributed by atoms with E-state index < -0.39 is 34.5 Å². The van der Waals surface area contributed by atoms with Crippen molar-refractivity contribution in [2.45, 2.75) is 13.1 Å². The molecule has 0 aliphatic heterocycles. The molecule has 0 fully saturated rings. The molecule has 0 heterocycles. The van der Waals surface area contributed by atoms with E-state index in [1.165, 1.54) is 0 Å². The average Bonchev–Trinajstić information content (AvgIpc) is 2.15. The largest absolute Gasteiger partial charge is 0.418 e. The van der Waals surface area contributed by atoms with Gasteiger partial charge in [0.05, 0.1) is 5.56 Å². The molecule has 84 valence electrons. The van der Waals surface area contributed by atoms with Crippen molar-refractivity contribution in [3.8, 4) is 6.07 Å². The summed E-state index contributed by atoms with van der Waals surface area (Å²) in [6, 6.07) is 2.51. The minimum Gasteiger partial charge on any atom is -0.294 e. The Morgan fingerprint density at radius 2 is 1.94 bits per heavy atom. The third kappa shape index (κ3) is 2.03. The minimum absolute atomic E-state index is 0.671. The Kier molecular flexibility index (Phi) is 2.99. The van der Waals surface area contributed by atoms with Crippen LogP contribution in [-0.2, 0) is 6.18 Å². The fraction of sp³-hybridized carbons (Fsp3) is 0.200. The minimum atomic E-state index is -4.94. The van der Waals surface area contributed by atoms with Crippen LogP contribution >= 0.6 is 0 Å². The van der Waals surface area contributed by atoms with Gasteiger partial charge in [0.25, 0.3) is 0 Å². The average molecular weight is 231 g/mol. The monoisotopic (exact) mass is 231 g/mol. The summed E-state index contributed by atoms with van der Waals surface area (Å²) in [7, 11) is 0. The third-order valence-electron chi connectivity index (χ3n) is 1.93. The summed E-state index contributed by atoms with van der Waals surface area (Å²) in [6.45, 7) is 0.920. The van der Waals surface area contributed by atoms with E-state index in [9.17, 15) is 22.4 Å². The van der Waals surface area contributed by atoms with Crippen LogP contribution in [0.5, 0.6) is 0 Å². The maximum atomic E-state index is 13.0. The highest BCUT2D eigenvalue weighted by atomic mass is 19.4. The van der Waals surface area contributed by atoms with Crippen molar-refractivity contribution >= 4 is 5.78 Å². The molecule has 0 amide bonds. The van der Waals surface area contributed by atoms with E-state index in [0.29, 0.717) is 6.07 Å². The van der Waals surface area contributed by atoms with Crippen LogP contribution in [-0.4, -0.2) is 5.78 Å². The first-order valence-electron chi connectivity index (χ1n) is 4.09. The van der Waals surface area contributed by atoms with Crippen LogP contribution in [0, 0.1) is 17.1 Å². The van der Waals surface area contributed by atoms with Crippen molar-refractivity contribution in [2.24, 2.45) is 0 Å². The number of Topliss-reactive ketones (excluding diaryl/α,β-unsaturated/α-hetero) is 1. The van der Waals surface area contributed by atoms with Crippen molar-refractivity contribution in [3.63, 3.8) is 0 Å². The summed E-state index contributed by atoms with van der Waals surface area (Å²) >= 11 is 0. The normalized spacial score (nSPS) is 11.0. The highest BCUT2D eigenvalue weighted by Gasteiger charge is 2.38. The van der Waals surface area contributed by atoms with Crippen molar-refractivity contribution < 1.29 is 22.4 Å². The Hall–Kier alpha value is -1.90. The van der Waals surface area contributed by atoms with Crippen LogP contribution in [0.2, 0.25) is 0 Å². The molecule has 1 aromatic carbocycles. The Bertz CT molecular complexity index is 485. The number of benzene rings is 1. The molecule has 0 aliphatic carbocycles. The van der Waals surface area contributed by atoms with Gasteiger partial charge in [-0.1, -0.05) is 0 Å². The third-order valence-corrected chi connectivity index (χ3v) is 1.93. The van der Waals surface area contributed by atoms with Crippen LogP contribution in [0.15, 0.2) is 12.1 Å². The first-order valence-corrected chi connectivity index (χ1v) is 4.09. The van der Waals surface area contributed by atoms with Gasteiger partial charge in [-0.05, 0) is 19.1 Å². The summed E-state index contributed by atoms with van der Waals surface area (Å²) in [5, 5.41) is 8.47. The number of alkyl halides is 3. The van der Waals surface area contributed by atoms with Gasteiger partial charge < -0.3 is 0 Å². The summed E-state index contributed by atoms with van der Waals surface area (Å²) < 4.78 is 50.7. The highest BCUT2D eigenvalue weighted by Crippen LogP contribution is 2.35. The number of rotatable bonds is 1. The zero-order chi connectivity index (χ0) is 12.5. The second-order valence-electron chi connectivity index (χ2n) is 3.01. The Morgan fingerprint density at radius 3 is 2.31 bits per heavy atom. The highest BCUT2D eigenvalue weighted by molar-refractivity contribution is 5.96. The number of carbonyl (C=O) groups is 1. The van der Waals surface area contributed by atoms with Crippen LogP contribution in [0.4, 0.5) is 17.6 Å². The van der Waals surface area contributed by atoms with Crippen LogP contribution in [0.1, 0.15) is 28.4 Å². The molecule has 0 radical (unpaired) electrons. The number of halogens is 4. The maximum absolute atomic E-state index is 13.0. The molecule has 16 heavy (non-hydrogen) atoms. The number of carbonyl (C=O) groups excluding carboxylic acids is 1. The Balaban J connectivity index is 3.70. The number of ketones is 1. The van der Waals surface area contributed by atoms with Crippen LogP contribution in [0.25, 0.3) is 0 Å². The number of nitriles is 1. The lowest BCUT2D eigenvalue weighted by atomic mass is 9.98. The molecule has 0 N–H and O–H groups in total. The summed E-state index contributed by atoms with van der Waals surface area (Å²) in [5.74, 6) is -2.16. The standard InChI is InChI=1S/C10H5F4NO/c1-5(16)6-2-3-8(11)7(4-15)9(6)10(12,13)14/h2-3H,1H3. The van der Waals surface area contributed by atoms with Gasteiger partial charge in [-0.25, -0.2) is 4.39 Å². The van der Waals surface area contributed by atoms with Gasteiger partial charge in [0.1, 0.15) is 17.4 Å². The van der Waals surface area contributed by atoms with Gasteiger partial charge in [0.15, 0.2) is 5.78 Å². The van der Waals surface area contributed by atoms with Crippen molar-refractivity contribution in [3.05, 3.63) is 34.6 Å². The molecular formula is C10H5F4NO. The molecule has 6 heteroatoms. The summed E-state index contributed by atoms with van der Waals surface area (Å²) in [4.78, 5) is 11.0. The van der Waals surface area contributed by atoms with E-state index >= 15 is 0 Å². The lowest BCUT2D eigenvalue weighted by Gasteiger charge is -2.12. The maximum Gasteiger partial charge on any atom is 0.418 e. The van der Waals surface area contributed by atoms with E-state index in [2.05, 4.69) is 0 Å². The SMILES string of the molecule is CC(=O)c1ccc(F)c(C#N)c1C(F)(F)F. The van der Waals surface area contributed by atoms with E-state index in [4.69, 9.17) is 5.26 Å². The molecular weight excluding hydrogens is 226 g/mol. The second-order valence-corrected chi connectivity index (χ2v) is 3.01. The van der Waals surface area contributed by atoms with Crippen molar-refractivity contribution in [1.29, 1.82) is 5.26 Å². The van der Waals surface area contributed by atoms with Crippen LogP contribution in [0.3, 0.4) is 0 Å². The lowest BCUT2D eigenvalue weighted by Crippen LogP contribution is -2.15. The van der Waals surface area contributed by atoms with E-state index in [1.807, 2.05) is 0 Å². The topological polar surface area (TPSA) is 40.9 Å². The molecule has 0 atom stereocenters. The fourth-order valence-electron chi connectivity index (χ4n) is 1.27. The van der Waals surface area contributed by atoms with E-state index in [1.54, 1.807) is 0 Å². The first-order chi connectivity index (χ1) is 7.29. The van der Waals surface area contributed by atoms with Gasteiger partial charge in [-0.3, -0.25) is 4.79 Å². The molecule has 1 aromatic rings. The lowest BCUT2D eigenvalue weighted by molar-refractivity contribution is -0.138. The number of nitrogens with zero attached hydrogens (tertiary/aromatic N) is 1. The summed E-state index contributed by atoms with van der Waals surface area (Å²) in [5.41, 5.74) is -3.37. The van der Waals surface area contributed by atoms with Crippen LogP contribution < -0.4 is 0 Å². The molecule has 1 rings (SSSR count). The predicted molar refractivity (Wildman–Crippen MR) is 46.1 cm³/mol. The zero-order valence-corrected chi connectivity index (χ0v) is 8.02. The molecule has 0 bridgehead atoms. The Morgan fingerprint density at radius 1 is 1.38 bits per heavy atom. The van der Waals surface area contributed by atoms with Gasteiger partial charge in [0, 0.05) is 5.56 Å². The van der Waals surface area contributed by atoms with Crippen molar-refractivity contribution in [1.82, 2.24) is 0 Å².